The molecule has 0 unspecified atom stereocenters. The highest BCUT2D eigenvalue weighted by atomic mass is 32.2. The number of thioether (sulfide) groups is 1. The summed E-state index contributed by atoms with van der Waals surface area (Å²) in [5, 5.41) is -0.168. The van der Waals surface area contributed by atoms with Gasteiger partial charge < -0.3 is 10.5 Å². The molecule has 0 spiro atoms. The number of amides is 1. The largest absolute Gasteiger partial charge is 0.455 e. The summed E-state index contributed by atoms with van der Waals surface area (Å²) in [4.78, 5) is 25.5. The van der Waals surface area contributed by atoms with Gasteiger partial charge in [0.1, 0.15) is 22.7 Å². The van der Waals surface area contributed by atoms with E-state index < -0.39 is 17.6 Å². The van der Waals surface area contributed by atoms with Gasteiger partial charge in [-0.05, 0) is 26.3 Å². The number of carbonyl (C=O) groups excluding carboxylic acids is 2. The summed E-state index contributed by atoms with van der Waals surface area (Å²) in [6.45, 7) is 9.06. The number of esters is 1. The van der Waals surface area contributed by atoms with E-state index in [1.807, 2.05) is 0 Å². The summed E-state index contributed by atoms with van der Waals surface area (Å²) < 4.78 is 5.36. The molecule has 2 heterocycles. The molecule has 0 bridgehead atoms. The van der Waals surface area contributed by atoms with Crippen LogP contribution in [0.2, 0.25) is 0 Å². The second-order valence-electron chi connectivity index (χ2n) is 5.52. The van der Waals surface area contributed by atoms with Gasteiger partial charge in [-0.1, -0.05) is 12.7 Å². The summed E-state index contributed by atoms with van der Waals surface area (Å²) in [7, 11) is 0. The predicted molar refractivity (Wildman–Crippen MR) is 74.1 cm³/mol. The van der Waals surface area contributed by atoms with Gasteiger partial charge in [0, 0.05) is 5.75 Å². The quantitative estimate of drug-likeness (QED) is 0.604. The van der Waals surface area contributed by atoms with Crippen molar-refractivity contribution in [3.05, 3.63) is 23.9 Å². The highest BCUT2D eigenvalue weighted by Crippen LogP contribution is 2.40. The summed E-state index contributed by atoms with van der Waals surface area (Å²) in [5.41, 5.74) is 6.15. The van der Waals surface area contributed by atoms with Crippen LogP contribution in [0.15, 0.2) is 23.9 Å². The Morgan fingerprint density at radius 3 is 2.74 bits per heavy atom. The van der Waals surface area contributed by atoms with E-state index >= 15 is 0 Å². The lowest BCUT2D eigenvalue weighted by Crippen LogP contribution is -2.68. The normalized spacial score (nSPS) is 26.7. The molecule has 2 rings (SSSR count). The monoisotopic (exact) mass is 282 g/mol. The summed E-state index contributed by atoms with van der Waals surface area (Å²) in [5.74, 6) is -0.120. The van der Waals surface area contributed by atoms with Gasteiger partial charge >= 0.3 is 5.97 Å². The Bertz CT molecular complexity index is 479. The van der Waals surface area contributed by atoms with E-state index in [1.165, 1.54) is 16.7 Å². The van der Waals surface area contributed by atoms with E-state index in [9.17, 15) is 9.59 Å². The Morgan fingerprint density at radius 1 is 1.58 bits per heavy atom. The zero-order valence-corrected chi connectivity index (χ0v) is 12.1. The third-order valence-electron chi connectivity index (χ3n) is 2.88. The topological polar surface area (TPSA) is 72.6 Å². The van der Waals surface area contributed by atoms with Gasteiger partial charge in [-0.3, -0.25) is 9.69 Å². The van der Waals surface area contributed by atoms with Crippen LogP contribution in [0.3, 0.4) is 0 Å². The summed E-state index contributed by atoms with van der Waals surface area (Å²) in [6.07, 6.45) is 1.60. The smallest absolute Gasteiger partial charge is 0.355 e. The molecule has 0 aromatic carbocycles. The van der Waals surface area contributed by atoms with Gasteiger partial charge in [-0.15, -0.1) is 11.8 Å². The molecule has 0 aromatic rings. The summed E-state index contributed by atoms with van der Waals surface area (Å²) in [6, 6.07) is -0.534. The molecule has 0 saturated carbocycles. The fraction of sp³-hybridized carbons (Fsp3) is 0.538. The van der Waals surface area contributed by atoms with Crippen LogP contribution in [0.25, 0.3) is 0 Å². The van der Waals surface area contributed by atoms with E-state index in [1.54, 1.807) is 26.8 Å². The number of rotatable bonds is 2. The van der Waals surface area contributed by atoms with Crippen LogP contribution in [-0.4, -0.2) is 39.5 Å². The van der Waals surface area contributed by atoms with Gasteiger partial charge in [0.2, 0.25) is 5.91 Å². The number of allylic oxidation sites excluding steroid dienone is 1. The highest BCUT2D eigenvalue weighted by Gasteiger charge is 2.52. The first kappa shape index (κ1) is 14.1. The molecule has 0 aromatic heterocycles. The Kier molecular flexibility index (Phi) is 3.49. The lowest BCUT2D eigenvalue weighted by molar-refractivity contribution is -0.157. The van der Waals surface area contributed by atoms with Crippen molar-refractivity contribution < 1.29 is 14.3 Å². The average Bonchev–Trinajstić information content (AvgIpc) is 2.33. The minimum Gasteiger partial charge on any atom is -0.455 e. The number of hydrogen-bond donors (Lipinski definition) is 1. The number of ether oxygens (including phenoxy) is 1. The van der Waals surface area contributed by atoms with E-state index in [0.29, 0.717) is 11.4 Å². The first-order chi connectivity index (χ1) is 8.76. The minimum atomic E-state index is -0.605. The summed E-state index contributed by atoms with van der Waals surface area (Å²) >= 11 is 1.54. The zero-order valence-electron chi connectivity index (χ0n) is 11.3. The molecule has 2 N–H and O–H groups in total. The first-order valence-corrected chi connectivity index (χ1v) is 7.10. The van der Waals surface area contributed by atoms with Crippen LogP contribution in [0.4, 0.5) is 0 Å². The molecule has 0 radical (unpaired) electrons. The van der Waals surface area contributed by atoms with Gasteiger partial charge in [-0.25, -0.2) is 4.79 Å². The van der Waals surface area contributed by atoms with Crippen LogP contribution < -0.4 is 5.73 Å². The van der Waals surface area contributed by atoms with Crippen LogP contribution in [0.5, 0.6) is 0 Å². The molecule has 0 aliphatic carbocycles. The van der Waals surface area contributed by atoms with Crippen LogP contribution in [0.1, 0.15) is 20.8 Å². The fourth-order valence-corrected chi connectivity index (χ4v) is 3.30. The lowest BCUT2D eigenvalue weighted by Gasteiger charge is -2.48. The maximum atomic E-state index is 12.3. The van der Waals surface area contributed by atoms with Gasteiger partial charge in [-0.2, -0.15) is 0 Å². The number of fused-ring (bicyclic) bond motifs is 1. The first-order valence-electron chi connectivity index (χ1n) is 6.05. The van der Waals surface area contributed by atoms with E-state index in [4.69, 9.17) is 10.5 Å². The number of carbonyl (C=O) groups is 2. The van der Waals surface area contributed by atoms with Crippen LogP contribution in [0, 0.1) is 0 Å². The molecule has 1 saturated heterocycles. The van der Waals surface area contributed by atoms with Crippen molar-refractivity contribution in [2.45, 2.75) is 37.8 Å². The van der Waals surface area contributed by atoms with E-state index in [2.05, 4.69) is 6.58 Å². The van der Waals surface area contributed by atoms with Crippen LogP contribution in [-0.2, 0) is 14.3 Å². The maximum absolute atomic E-state index is 12.3. The maximum Gasteiger partial charge on any atom is 0.355 e. The Balaban J connectivity index is 2.33. The van der Waals surface area contributed by atoms with Crippen molar-refractivity contribution in [3.63, 3.8) is 0 Å². The zero-order chi connectivity index (χ0) is 14.4. The van der Waals surface area contributed by atoms with Gasteiger partial charge in [0.05, 0.1) is 0 Å². The van der Waals surface area contributed by atoms with Gasteiger partial charge in [0.15, 0.2) is 0 Å². The van der Waals surface area contributed by atoms with Crippen molar-refractivity contribution >= 4 is 23.6 Å². The molecular formula is C13H18N2O3S. The third kappa shape index (κ3) is 2.42. The molecule has 19 heavy (non-hydrogen) atoms. The molecule has 1 fully saturated rings. The van der Waals surface area contributed by atoms with Crippen LogP contribution >= 0.6 is 11.8 Å². The highest BCUT2D eigenvalue weighted by molar-refractivity contribution is 8.00. The Labute approximate surface area is 116 Å². The molecule has 104 valence electrons. The van der Waals surface area contributed by atoms with Crippen molar-refractivity contribution in [2.24, 2.45) is 5.73 Å². The van der Waals surface area contributed by atoms with E-state index in [0.717, 1.165) is 5.57 Å². The second kappa shape index (κ2) is 4.68. The van der Waals surface area contributed by atoms with Gasteiger partial charge in [0.25, 0.3) is 0 Å². The standard InChI is InChI=1S/C13H18N2O3S/c1-5-7-6-19-11-8(14)10(16)15(11)9(7)12(17)18-13(2,3)4/h5,8,11H,1,6,14H2,2-4H3/t8-,11+/m1/s1. The third-order valence-corrected chi connectivity index (χ3v) is 4.20. The van der Waals surface area contributed by atoms with Crippen molar-refractivity contribution in [3.8, 4) is 0 Å². The fourth-order valence-electron chi connectivity index (χ4n) is 2.01. The van der Waals surface area contributed by atoms with E-state index in [-0.39, 0.29) is 11.3 Å². The second-order valence-corrected chi connectivity index (χ2v) is 6.62. The molecule has 2 aliphatic rings. The molecule has 1 amide bonds. The Hall–Kier alpha value is -1.27. The van der Waals surface area contributed by atoms with Crippen molar-refractivity contribution in [1.82, 2.24) is 4.90 Å². The molecule has 5 nitrogen and oxygen atoms in total. The Morgan fingerprint density at radius 2 is 2.21 bits per heavy atom. The predicted octanol–water partition coefficient (Wildman–Crippen LogP) is 1.01. The molecule has 2 aliphatic heterocycles. The average molecular weight is 282 g/mol. The lowest BCUT2D eigenvalue weighted by atomic mass is 10.0. The van der Waals surface area contributed by atoms with Crippen molar-refractivity contribution in [2.75, 3.05) is 5.75 Å². The number of nitrogens with two attached hydrogens (primary N) is 1. The molecule has 6 heteroatoms. The SMILES string of the molecule is C=CC1=C(C(=O)OC(C)(C)C)N2C(=O)[C@@H](N)[C@@H]2SC1. The molecular weight excluding hydrogens is 264 g/mol. The number of nitrogens with zero attached hydrogens (tertiary/aromatic N) is 1. The number of β-lactam (4-membered cyclic amide) rings is 1. The minimum absolute atomic E-state index is 0.168. The molecule has 2 atom stereocenters. The van der Waals surface area contributed by atoms with Crippen molar-refractivity contribution in [1.29, 1.82) is 0 Å². The number of hydrogen-bond acceptors (Lipinski definition) is 5.